The van der Waals surface area contributed by atoms with Gasteiger partial charge >= 0.3 is 0 Å². The molecule has 8 heteroatoms. The summed E-state index contributed by atoms with van der Waals surface area (Å²) < 4.78 is 22.4. The van der Waals surface area contributed by atoms with Gasteiger partial charge in [-0.2, -0.15) is 0 Å². The largest absolute Gasteiger partial charge is 0.361 e. The van der Waals surface area contributed by atoms with Gasteiger partial charge < -0.3 is 5.11 Å². The highest BCUT2D eigenvalue weighted by atomic mass is 32.2. The van der Waals surface area contributed by atoms with Crippen LogP contribution < -0.4 is 10.5 Å². The Kier molecular flexibility index (Phi) is 5.76. The van der Waals surface area contributed by atoms with Crippen molar-refractivity contribution in [1.29, 1.82) is 0 Å². The zero-order valence-corrected chi connectivity index (χ0v) is 14.6. The Morgan fingerprint density at radius 1 is 1.33 bits per heavy atom. The Labute approximate surface area is 142 Å². The molecule has 0 unspecified atom stereocenters. The molecule has 24 heavy (non-hydrogen) atoms. The number of nitrogens with two attached hydrogens (primary N) is 1. The second kappa shape index (κ2) is 7.43. The van der Waals surface area contributed by atoms with Crippen LogP contribution in [0.5, 0.6) is 0 Å². The highest BCUT2D eigenvalue weighted by Gasteiger charge is 2.30. The van der Waals surface area contributed by atoms with E-state index in [0.29, 0.717) is 25.9 Å². The van der Waals surface area contributed by atoms with Gasteiger partial charge in [0, 0.05) is 18.7 Å². The minimum Gasteiger partial charge on any atom is -0.361 e. The summed E-state index contributed by atoms with van der Waals surface area (Å²) in [5, 5.41) is 18.1. The van der Waals surface area contributed by atoms with Crippen LogP contribution in [0.25, 0.3) is 0 Å². The van der Waals surface area contributed by atoms with Crippen LogP contribution in [0.15, 0.2) is 40.3 Å². The molecule has 0 radical (unpaired) electrons. The first-order valence-electron chi connectivity index (χ1n) is 7.76. The second-order valence-corrected chi connectivity index (χ2v) is 7.37. The van der Waals surface area contributed by atoms with Gasteiger partial charge in [-0.1, -0.05) is 19.1 Å². The molecule has 0 fully saturated rings. The Hall–Kier alpha value is -1.74. The van der Waals surface area contributed by atoms with E-state index in [1.54, 1.807) is 12.1 Å². The zero-order valence-electron chi connectivity index (χ0n) is 13.8. The van der Waals surface area contributed by atoms with E-state index >= 15 is 0 Å². The summed E-state index contributed by atoms with van der Waals surface area (Å²) in [5.74, 6) is -0.132. The fourth-order valence-corrected chi connectivity index (χ4v) is 3.25. The highest BCUT2D eigenvalue weighted by molar-refractivity contribution is 7.89. The van der Waals surface area contributed by atoms with E-state index in [0.717, 1.165) is 16.7 Å². The number of aliphatic hydroxyl groups excluding tert-OH is 1. The van der Waals surface area contributed by atoms with Crippen LogP contribution >= 0.6 is 0 Å². The van der Waals surface area contributed by atoms with Crippen LogP contribution in [0.1, 0.15) is 25.8 Å². The third-order valence-electron chi connectivity index (χ3n) is 4.08. The molecule has 1 aromatic rings. The summed E-state index contributed by atoms with van der Waals surface area (Å²) in [7, 11) is -3.69. The molecule has 1 aliphatic rings. The van der Waals surface area contributed by atoms with Crippen molar-refractivity contribution in [2.24, 2.45) is 5.14 Å². The molecule has 0 aliphatic carbocycles. The molecular formula is C16H23N3O4S. The molecule has 132 valence electrons. The van der Waals surface area contributed by atoms with Crippen LogP contribution in [0.2, 0.25) is 0 Å². The molecule has 0 saturated heterocycles. The predicted molar refractivity (Wildman–Crippen MR) is 90.2 cm³/mol. The molecule has 1 aromatic carbocycles. The number of primary sulfonamides is 1. The Balaban J connectivity index is 1.85. The van der Waals surface area contributed by atoms with Crippen LogP contribution in [0.4, 0.5) is 0 Å². The number of carbonyl (C=O) groups is 1. The summed E-state index contributed by atoms with van der Waals surface area (Å²) in [6.45, 7) is 4.70. The van der Waals surface area contributed by atoms with Crippen LogP contribution in [-0.2, 0) is 21.2 Å². The van der Waals surface area contributed by atoms with E-state index in [-0.39, 0.29) is 10.8 Å². The number of nitrogens with zero attached hydrogens (tertiary/aromatic N) is 1. The van der Waals surface area contributed by atoms with E-state index in [4.69, 9.17) is 5.14 Å². The van der Waals surface area contributed by atoms with Crippen molar-refractivity contribution in [2.45, 2.75) is 37.9 Å². The number of sulfonamides is 1. The highest BCUT2D eigenvalue weighted by Crippen LogP contribution is 2.22. The lowest BCUT2D eigenvalue weighted by molar-refractivity contribution is -0.136. The van der Waals surface area contributed by atoms with Gasteiger partial charge in [0.2, 0.25) is 10.0 Å². The molecule has 1 aliphatic heterocycles. The van der Waals surface area contributed by atoms with Crippen molar-refractivity contribution in [3.8, 4) is 0 Å². The first-order chi connectivity index (χ1) is 11.2. The van der Waals surface area contributed by atoms with Gasteiger partial charge in [0.05, 0.1) is 4.90 Å². The summed E-state index contributed by atoms with van der Waals surface area (Å²) in [4.78, 5) is 13.6. The monoisotopic (exact) mass is 353 g/mol. The van der Waals surface area contributed by atoms with Crippen LogP contribution in [0.3, 0.4) is 0 Å². The topological polar surface area (TPSA) is 113 Å². The number of nitrogens with one attached hydrogen (secondary N) is 1. The number of rotatable bonds is 7. The molecule has 1 amide bonds. The van der Waals surface area contributed by atoms with E-state index in [1.165, 1.54) is 17.0 Å². The Morgan fingerprint density at radius 2 is 1.96 bits per heavy atom. The normalized spacial score (nSPS) is 16.8. The van der Waals surface area contributed by atoms with Gasteiger partial charge in [-0.15, -0.1) is 0 Å². The van der Waals surface area contributed by atoms with Crippen molar-refractivity contribution < 1.29 is 18.3 Å². The fourth-order valence-electron chi connectivity index (χ4n) is 2.73. The van der Waals surface area contributed by atoms with E-state index in [2.05, 4.69) is 5.32 Å². The lowest BCUT2D eigenvalue weighted by Gasteiger charge is -2.24. The quantitative estimate of drug-likeness (QED) is 0.611. The standard InChI is InChI=1S/C16H23N3O4S/c1-3-14-11(2)10-19(15(14)20)16(21)18-9-8-12-4-6-13(7-5-12)24(17,22)23/h4-7,16,18,21H,3,8-10H2,1-2H3,(H2,17,22,23)/t16-/m0/s1. The molecule has 1 heterocycles. The summed E-state index contributed by atoms with van der Waals surface area (Å²) in [6, 6.07) is 6.25. The number of hydrogen-bond donors (Lipinski definition) is 3. The van der Waals surface area contributed by atoms with Gasteiger partial charge in [0.25, 0.3) is 5.91 Å². The van der Waals surface area contributed by atoms with Crippen molar-refractivity contribution in [3.05, 3.63) is 41.0 Å². The van der Waals surface area contributed by atoms with E-state index in [1.807, 2.05) is 13.8 Å². The molecular weight excluding hydrogens is 330 g/mol. The lowest BCUT2D eigenvalue weighted by Crippen LogP contribution is -2.47. The number of hydrogen-bond acceptors (Lipinski definition) is 5. The molecule has 0 aromatic heterocycles. The molecule has 4 N–H and O–H groups in total. The smallest absolute Gasteiger partial charge is 0.253 e. The molecule has 0 bridgehead atoms. The predicted octanol–water partition coefficient (Wildman–Crippen LogP) is 0.311. The maximum Gasteiger partial charge on any atom is 0.253 e. The minimum atomic E-state index is -3.69. The van der Waals surface area contributed by atoms with Gasteiger partial charge in [-0.05, 0) is 43.0 Å². The van der Waals surface area contributed by atoms with Crippen molar-refractivity contribution >= 4 is 15.9 Å². The van der Waals surface area contributed by atoms with Gasteiger partial charge in [0.15, 0.2) is 6.35 Å². The SMILES string of the molecule is CCC1=C(C)CN([C@@H](O)NCCc2ccc(S(N)(=O)=O)cc2)C1=O. The minimum absolute atomic E-state index is 0.0653. The molecule has 0 saturated carbocycles. The van der Waals surface area contributed by atoms with E-state index in [9.17, 15) is 18.3 Å². The van der Waals surface area contributed by atoms with Gasteiger partial charge in [-0.3, -0.25) is 15.0 Å². The average molecular weight is 353 g/mol. The fraction of sp³-hybridized carbons (Fsp3) is 0.438. The van der Waals surface area contributed by atoms with Gasteiger partial charge in [-0.25, -0.2) is 13.6 Å². The molecule has 1 atom stereocenters. The summed E-state index contributed by atoms with van der Waals surface area (Å²) in [6.07, 6.45) is 0.196. The molecule has 2 rings (SSSR count). The third-order valence-corrected chi connectivity index (χ3v) is 5.01. The Morgan fingerprint density at radius 3 is 2.46 bits per heavy atom. The van der Waals surface area contributed by atoms with Crippen molar-refractivity contribution in [2.75, 3.05) is 13.1 Å². The first kappa shape index (κ1) is 18.6. The second-order valence-electron chi connectivity index (χ2n) is 5.81. The zero-order chi connectivity index (χ0) is 17.9. The summed E-state index contributed by atoms with van der Waals surface area (Å²) >= 11 is 0. The molecule has 0 spiro atoms. The van der Waals surface area contributed by atoms with Crippen molar-refractivity contribution in [1.82, 2.24) is 10.2 Å². The van der Waals surface area contributed by atoms with Gasteiger partial charge in [0.1, 0.15) is 0 Å². The summed E-state index contributed by atoms with van der Waals surface area (Å²) in [5.41, 5.74) is 2.65. The maximum atomic E-state index is 12.2. The Bertz CT molecular complexity index is 741. The van der Waals surface area contributed by atoms with Crippen molar-refractivity contribution in [3.63, 3.8) is 0 Å². The first-order valence-corrected chi connectivity index (χ1v) is 9.31. The third kappa shape index (κ3) is 4.21. The van der Waals surface area contributed by atoms with Crippen LogP contribution in [-0.4, -0.2) is 43.8 Å². The van der Waals surface area contributed by atoms with E-state index < -0.39 is 16.4 Å². The number of amides is 1. The number of carbonyl (C=O) groups excluding carboxylic acids is 1. The number of aliphatic hydroxyl groups is 1. The number of benzene rings is 1. The van der Waals surface area contributed by atoms with Crippen LogP contribution in [0, 0.1) is 0 Å². The maximum absolute atomic E-state index is 12.2. The molecule has 7 nitrogen and oxygen atoms in total. The average Bonchev–Trinajstić information content (AvgIpc) is 2.81. The lowest BCUT2D eigenvalue weighted by atomic mass is 10.1.